The quantitative estimate of drug-likeness (QED) is 0.727. The van der Waals surface area contributed by atoms with Crippen molar-refractivity contribution in [1.29, 1.82) is 0 Å². The molecule has 1 saturated heterocycles. The zero-order valence-electron chi connectivity index (χ0n) is 11.7. The molecule has 21 heavy (non-hydrogen) atoms. The maximum Gasteiger partial charge on any atom is 0.393 e. The first-order chi connectivity index (χ1) is 9.84. The van der Waals surface area contributed by atoms with Crippen LogP contribution in [0, 0.1) is 25.2 Å². The molecule has 1 aromatic carbocycles. The molecular weight excluding hydrogens is 279 g/mol. The molecule has 0 saturated carbocycles. The standard InChI is InChI=1S/C16H16F3NO/c1-3-13-11(2)6-4-8-14(13)15(21)20-9-5-7-12(10-20)16(17,18)19/h1,4,6,8,12H,5,7,9-10H2,2H3. The highest BCUT2D eigenvalue weighted by atomic mass is 19.4. The van der Waals surface area contributed by atoms with Crippen molar-refractivity contribution in [2.24, 2.45) is 5.92 Å². The Morgan fingerprint density at radius 1 is 1.43 bits per heavy atom. The Morgan fingerprint density at radius 2 is 2.14 bits per heavy atom. The van der Waals surface area contributed by atoms with E-state index in [0.717, 1.165) is 5.56 Å². The molecule has 0 N–H and O–H groups in total. The van der Waals surface area contributed by atoms with Crippen LogP contribution in [0.2, 0.25) is 0 Å². The van der Waals surface area contributed by atoms with E-state index in [2.05, 4.69) is 5.92 Å². The summed E-state index contributed by atoms with van der Waals surface area (Å²) in [4.78, 5) is 13.7. The van der Waals surface area contributed by atoms with E-state index in [4.69, 9.17) is 6.42 Å². The van der Waals surface area contributed by atoms with E-state index in [1.165, 1.54) is 4.90 Å². The molecule has 1 heterocycles. The van der Waals surface area contributed by atoms with E-state index < -0.39 is 18.0 Å². The highest BCUT2D eigenvalue weighted by Gasteiger charge is 2.42. The molecule has 0 aliphatic carbocycles. The van der Waals surface area contributed by atoms with E-state index in [1.54, 1.807) is 25.1 Å². The average molecular weight is 295 g/mol. The van der Waals surface area contributed by atoms with Gasteiger partial charge in [0, 0.05) is 18.7 Å². The predicted octanol–water partition coefficient (Wildman–Crippen LogP) is 3.39. The number of carbonyl (C=O) groups excluding carboxylic acids is 1. The minimum absolute atomic E-state index is 0.0725. The molecule has 0 radical (unpaired) electrons. The van der Waals surface area contributed by atoms with Crippen LogP contribution in [0.15, 0.2) is 18.2 Å². The van der Waals surface area contributed by atoms with Gasteiger partial charge < -0.3 is 4.90 Å². The topological polar surface area (TPSA) is 20.3 Å². The van der Waals surface area contributed by atoms with Gasteiger partial charge in [-0.1, -0.05) is 18.1 Å². The molecule has 1 atom stereocenters. The summed E-state index contributed by atoms with van der Waals surface area (Å²) in [5.74, 6) is 0.590. The van der Waals surface area contributed by atoms with Crippen LogP contribution in [0.25, 0.3) is 0 Å². The van der Waals surface area contributed by atoms with Gasteiger partial charge >= 0.3 is 6.18 Å². The van der Waals surface area contributed by atoms with E-state index in [0.29, 0.717) is 24.1 Å². The third-order valence-corrected chi connectivity index (χ3v) is 3.82. The van der Waals surface area contributed by atoms with Crippen molar-refractivity contribution in [2.75, 3.05) is 13.1 Å². The molecule has 0 spiro atoms. The fraction of sp³-hybridized carbons (Fsp3) is 0.438. The lowest BCUT2D eigenvalue weighted by Crippen LogP contribution is -2.44. The zero-order chi connectivity index (χ0) is 15.6. The molecule has 1 amide bonds. The number of piperidine rings is 1. The molecule has 2 nitrogen and oxygen atoms in total. The molecule has 0 aromatic heterocycles. The second-order valence-corrected chi connectivity index (χ2v) is 5.27. The molecule has 1 fully saturated rings. The first-order valence-corrected chi connectivity index (χ1v) is 6.76. The third-order valence-electron chi connectivity index (χ3n) is 3.82. The van der Waals surface area contributed by atoms with E-state index in [-0.39, 0.29) is 13.0 Å². The van der Waals surface area contributed by atoms with Gasteiger partial charge in [0.25, 0.3) is 5.91 Å². The van der Waals surface area contributed by atoms with Crippen molar-refractivity contribution >= 4 is 5.91 Å². The number of halogens is 3. The number of terminal acetylenes is 1. The minimum atomic E-state index is -4.26. The van der Waals surface area contributed by atoms with Gasteiger partial charge in [0.15, 0.2) is 0 Å². The first-order valence-electron chi connectivity index (χ1n) is 6.76. The Kier molecular flexibility index (Phi) is 4.26. The summed E-state index contributed by atoms with van der Waals surface area (Å²) in [5, 5.41) is 0. The summed E-state index contributed by atoms with van der Waals surface area (Å²) in [5.41, 5.74) is 1.53. The number of hydrogen-bond donors (Lipinski definition) is 0. The van der Waals surface area contributed by atoms with Crippen molar-refractivity contribution in [3.8, 4) is 12.3 Å². The Balaban J connectivity index is 2.25. The lowest BCUT2D eigenvalue weighted by Gasteiger charge is -2.34. The van der Waals surface area contributed by atoms with Crippen LogP contribution in [0.1, 0.15) is 34.3 Å². The summed E-state index contributed by atoms with van der Waals surface area (Å²) in [7, 11) is 0. The molecule has 5 heteroatoms. The second-order valence-electron chi connectivity index (χ2n) is 5.27. The van der Waals surface area contributed by atoms with Gasteiger partial charge in [-0.2, -0.15) is 13.2 Å². The van der Waals surface area contributed by atoms with Crippen LogP contribution in [-0.2, 0) is 0 Å². The highest BCUT2D eigenvalue weighted by Crippen LogP contribution is 2.33. The number of hydrogen-bond acceptors (Lipinski definition) is 1. The van der Waals surface area contributed by atoms with Crippen LogP contribution in [0.5, 0.6) is 0 Å². The maximum absolute atomic E-state index is 12.8. The minimum Gasteiger partial charge on any atom is -0.338 e. The fourth-order valence-electron chi connectivity index (χ4n) is 2.64. The summed E-state index contributed by atoms with van der Waals surface area (Å²) < 4.78 is 38.5. The Labute approximate surface area is 121 Å². The third kappa shape index (κ3) is 3.21. The molecule has 1 aromatic rings. The number of nitrogens with zero attached hydrogens (tertiary/aromatic N) is 1. The van der Waals surface area contributed by atoms with E-state index >= 15 is 0 Å². The number of amides is 1. The summed E-state index contributed by atoms with van der Waals surface area (Å²) >= 11 is 0. The van der Waals surface area contributed by atoms with Gasteiger partial charge in [0.2, 0.25) is 0 Å². The summed E-state index contributed by atoms with van der Waals surface area (Å²) in [6, 6.07) is 5.04. The maximum atomic E-state index is 12.8. The van der Waals surface area contributed by atoms with Gasteiger partial charge in [-0.15, -0.1) is 6.42 Å². The number of likely N-dealkylation sites (tertiary alicyclic amines) is 1. The van der Waals surface area contributed by atoms with Crippen molar-refractivity contribution in [1.82, 2.24) is 4.90 Å². The van der Waals surface area contributed by atoms with Crippen LogP contribution in [0.3, 0.4) is 0 Å². The molecule has 1 aliphatic heterocycles. The Morgan fingerprint density at radius 3 is 2.76 bits per heavy atom. The van der Waals surface area contributed by atoms with Gasteiger partial charge in [-0.3, -0.25) is 4.79 Å². The molecule has 0 bridgehead atoms. The van der Waals surface area contributed by atoms with E-state index in [1.807, 2.05) is 0 Å². The molecule has 2 rings (SSSR count). The second kappa shape index (κ2) is 5.80. The molecular formula is C16H16F3NO. The smallest absolute Gasteiger partial charge is 0.338 e. The Hall–Kier alpha value is -1.96. The highest BCUT2D eigenvalue weighted by molar-refractivity contribution is 5.97. The van der Waals surface area contributed by atoms with Crippen LogP contribution < -0.4 is 0 Å². The number of carbonyl (C=O) groups is 1. The van der Waals surface area contributed by atoms with Gasteiger partial charge in [-0.25, -0.2) is 0 Å². The van der Waals surface area contributed by atoms with Gasteiger partial charge in [0.1, 0.15) is 0 Å². The first kappa shape index (κ1) is 15.4. The Bertz CT molecular complexity index is 586. The van der Waals surface area contributed by atoms with Crippen LogP contribution in [0.4, 0.5) is 13.2 Å². The SMILES string of the molecule is C#Cc1c(C)cccc1C(=O)N1CCCC(C(F)(F)F)C1. The number of benzene rings is 1. The summed E-state index contributed by atoms with van der Waals surface area (Å²) in [6.45, 7) is 1.82. The number of aryl methyl sites for hydroxylation is 1. The average Bonchev–Trinajstić information content (AvgIpc) is 2.45. The lowest BCUT2D eigenvalue weighted by molar-refractivity contribution is -0.184. The fourth-order valence-corrected chi connectivity index (χ4v) is 2.64. The van der Waals surface area contributed by atoms with Crippen molar-refractivity contribution < 1.29 is 18.0 Å². The van der Waals surface area contributed by atoms with Crippen molar-refractivity contribution in [3.05, 3.63) is 34.9 Å². The molecule has 1 unspecified atom stereocenters. The lowest BCUT2D eigenvalue weighted by atomic mass is 9.95. The van der Waals surface area contributed by atoms with Crippen molar-refractivity contribution in [2.45, 2.75) is 25.9 Å². The van der Waals surface area contributed by atoms with Crippen LogP contribution >= 0.6 is 0 Å². The summed E-state index contributed by atoms with van der Waals surface area (Å²) in [6.07, 6.45) is 1.58. The zero-order valence-corrected chi connectivity index (χ0v) is 11.7. The molecule has 112 valence electrons. The van der Waals surface area contributed by atoms with E-state index in [9.17, 15) is 18.0 Å². The number of rotatable bonds is 1. The predicted molar refractivity (Wildman–Crippen MR) is 73.8 cm³/mol. The van der Waals surface area contributed by atoms with Gasteiger partial charge in [-0.05, 0) is 31.4 Å². The van der Waals surface area contributed by atoms with Crippen LogP contribution in [-0.4, -0.2) is 30.1 Å². The van der Waals surface area contributed by atoms with Crippen molar-refractivity contribution in [3.63, 3.8) is 0 Å². The normalized spacial score (nSPS) is 19.2. The number of alkyl halides is 3. The monoisotopic (exact) mass is 295 g/mol. The van der Waals surface area contributed by atoms with Gasteiger partial charge in [0.05, 0.1) is 11.5 Å². The largest absolute Gasteiger partial charge is 0.393 e. The molecule has 1 aliphatic rings.